The summed E-state index contributed by atoms with van der Waals surface area (Å²) in [6.45, 7) is 0. The van der Waals surface area contributed by atoms with Crippen LogP contribution < -0.4 is 9.77 Å². The first kappa shape index (κ1) is 20.9. The third-order valence-electron chi connectivity index (χ3n) is 8.04. The summed E-state index contributed by atoms with van der Waals surface area (Å²) < 4.78 is 13.5. The number of H-pyrrole nitrogens is 1. The van der Waals surface area contributed by atoms with Crippen LogP contribution in [0.2, 0.25) is 5.02 Å². The zero-order chi connectivity index (χ0) is 23.3. The minimum absolute atomic E-state index is 0.0267. The highest BCUT2D eigenvalue weighted by atomic mass is 35.5. The Kier molecular flexibility index (Phi) is 4.48. The lowest BCUT2D eigenvalue weighted by Crippen LogP contribution is -2.42. The molecule has 3 fully saturated rings. The molecular formula is C25H18ClFN2O3S2. The van der Waals surface area contributed by atoms with Gasteiger partial charge in [-0.1, -0.05) is 35.1 Å². The van der Waals surface area contributed by atoms with Gasteiger partial charge in [-0.2, -0.15) is 0 Å². The number of imide groups is 1. The highest BCUT2D eigenvalue weighted by Crippen LogP contribution is 2.68. The summed E-state index contributed by atoms with van der Waals surface area (Å²) in [7, 11) is 0. The highest BCUT2D eigenvalue weighted by Gasteiger charge is 2.69. The number of carbonyl (C=O) groups excluding carboxylic acids is 2. The number of nitrogens with zero attached hydrogens (tertiary/aromatic N) is 1. The van der Waals surface area contributed by atoms with Gasteiger partial charge < -0.3 is 4.98 Å². The highest BCUT2D eigenvalue weighted by molar-refractivity contribution is 8.00. The predicted molar refractivity (Wildman–Crippen MR) is 129 cm³/mol. The third kappa shape index (κ3) is 2.76. The second kappa shape index (κ2) is 7.29. The zero-order valence-corrected chi connectivity index (χ0v) is 20.0. The number of fused-ring (bicyclic) bond motifs is 9. The Hall–Kier alpha value is -2.42. The number of hydrogen-bond acceptors (Lipinski definition) is 5. The van der Waals surface area contributed by atoms with Gasteiger partial charge in [0.25, 0.3) is 0 Å². The van der Waals surface area contributed by atoms with Gasteiger partial charge in [0, 0.05) is 21.1 Å². The number of carbonyl (C=O) groups is 2. The van der Waals surface area contributed by atoms with E-state index in [1.807, 2.05) is 24.3 Å². The molecule has 2 aromatic carbocycles. The largest absolute Gasteiger partial charge is 0.307 e. The van der Waals surface area contributed by atoms with Crippen LogP contribution in [0.5, 0.6) is 0 Å². The van der Waals surface area contributed by atoms with Crippen molar-refractivity contribution >= 4 is 52.2 Å². The summed E-state index contributed by atoms with van der Waals surface area (Å²) >= 11 is 9.05. The topological polar surface area (TPSA) is 70.2 Å². The molecule has 5 nitrogen and oxygen atoms in total. The van der Waals surface area contributed by atoms with E-state index in [-0.39, 0.29) is 57.4 Å². The van der Waals surface area contributed by atoms with E-state index in [0.717, 1.165) is 21.9 Å². The van der Waals surface area contributed by atoms with Crippen molar-refractivity contribution in [2.45, 2.75) is 22.6 Å². The molecule has 3 aromatic rings. The van der Waals surface area contributed by atoms with Crippen molar-refractivity contribution in [2.24, 2.45) is 29.6 Å². The number of aromatic nitrogens is 1. The Morgan fingerprint density at radius 1 is 0.941 bits per heavy atom. The molecule has 0 radical (unpaired) electrons. The van der Waals surface area contributed by atoms with Crippen molar-refractivity contribution in [2.75, 3.05) is 4.90 Å². The number of thioether (sulfide) groups is 1. The normalized spacial score (nSPS) is 33.2. The number of anilines is 1. The molecule has 0 spiro atoms. The maximum absolute atomic E-state index is 13.6. The average molecular weight is 513 g/mol. The van der Waals surface area contributed by atoms with Crippen molar-refractivity contribution in [1.29, 1.82) is 0 Å². The second-order valence-corrected chi connectivity index (χ2v) is 12.1. The molecule has 4 aliphatic rings. The number of hydrogen-bond donors (Lipinski definition) is 1. The second-order valence-electron chi connectivity index (χ2n) is 9.50. The molecule has 34 heavy (non-hydrogen) atoms. The number of amides is 2. The van der Waals surface area contributed by atoms with Gasteiger partial charge in [-0.3, -0.25) is 19.3 Å². The van der Waals surface area contributed by atoms with E-state index in [9.17, 15) is 18.8 Å². The van der Waals surface area contributed by atoms with Gasteiger partial charge in [-0.15, -0.1) is 11.8 Å². The fourth-order valence-electron chi connectivity index (χ4n) is 6.90. The first-order valence-corrected chi connectivity index (χ1v) is 13.3. The molecule has 2 aliphatic heterocycles. The van der Waals surface area contributed by atoms with Crippen LogP contribution >= 0.6 is 34.7 Å². The van der Waals surface area contributed by atoms with Gasteiger partial charge in [0.15, 0.2) is 0 Å². The van der Waals surface area contributed by atoms with Crippen LogP contribution in [0.15, 0.2) is 58.4 Å². The number of halogens is 2. The van der Waals surface area contributed by atoms with Gasteiger partial charge in [-0.25, -0.2) is 4.39 Å². The Morgan fingerprint density at radius 3 is 2.32 bits per heavy atom. The Balaban J connectivity index is 1.32. The van der Waals surface area contributed by atoms with Crippen molar-refractivity contribution in [3.8, 4) is 0 Å². The molecule has 5 unspecified atom stereocenters. The van der Waals surface area contributed by atoms with Gasteiger partial charge in [-0.05, 0) is 66.1 Å². The quantitative estimate of drug-likeness (QED) is 0.495. The SMILES string of the molecule is O=C1C2C(C(=O)N1c1ccc(F)cc1)[C@@H]1C[C@H]2C2Sc3[nH]c(=O)sc3C(c3ccc(Cl)cc3)C21. The summed E-state index contributed by atoms with van der Waals surface area (Å²) in [4.78, 5) is 44.6. The predicted octanol–water partition coefficient (Wildman–Crippen LogP) is 4.91. The van der Waals surface area contributed by atoms with Crippen LogP contribution in [0.4, 0.5) is 10.1 Å². The lowest BCUT2D eigenvalue weighted by atomic mass is 9.68. The van der Waals surface area contributed by atoms with E-state index < -0.39 is 5.82 Å². The molecule has 3 heterocycles. The zero-order valence-electron chi connectivity index (χ0n) is 17.6. The Bertz CT molecular complexity index is 1400. The minimum atomic E-state index is -0.406. The summed E-state index contributed by atoms with van der Waals surface area (Å²) in [6.07, 6.45) is 0.829. The van der Waals surface area contributed by atoms with E-state index in [1.54, 1.807) is 11.8 Å². The van der Waals surface area contributed by atoms with Crippen LogP contribution in [-0.2, 0) is 9.59 Å². The molecule has 7 atom stereocenters. The van der Waals surface area contributed by atoms with Crippen LogP contribution in [0.1, 0.15) is 22.8 Å². The fraction of sp³-hybridized carbons (Fsp3) is 0.320. The maximum atomic E-state index is 13.6. The van der Waals surface area contributed by atoms with Crippen molar-refractivity contribution in [3.05, 3.63) is 79.5 Å². The monoisotopic (exact) mass is 512 g/mol. The molecule has 7 rings (SSSR count). The number of aromatic amines is 1. The first-order chi connectivity index (χ1) is 16.4. The smallest absolute Gasteiger partial charge is 0.305 e. The summed E-state index contributed by atoms with van der Waals surface area (Å²) in [5, 5.41) is 1.66. The van der Waals surface area contributed by atoms with Crippen LogP contribution in [0.3, 0.4) is 0 Å². The van der Waals surface area contributed by atoms with E-state index in [4.69, 9.17) is 11.6 Å². The Labute approximate surface area is 207 Å². The molecule has 2 amide bonds. The van der Waals surface area contributed by atoms with Gasteiger partial charge in [0.1, 0.15) is 5.82 Å². The van der Waals surface area contributed by atoms with Gasteiger partial charge in [0.2, 0.25) is 11.8 Å². The van der Waals surface area contributed by atoms with Crippen LogP contribution in [0.25, 0.3) is 0 Å². The molecule has 172 valence electrons. The van der Waals surface area contributed by atoms with E-state index in [1.165, 1.54) is 40.5 Å². The van der Waals surface area contributed by atoms with Crippen molar-refractivity contribution < 1.29 is 14.0 Å². The lowest BCUT2D eigenvalue weighted by Gasteiger charge is -2.43. The van der Waals surface area contributed by atoms with E-state index in [2.05, 4.69) is 4.98 Å². The summed E-state index contributed by atoms with van der Waals surface area (Å²) in [5.74, 6) is -1.30. The van der Waals surface area contributed by atoms with Gasteiger partial charge in [0.05, 0.1) is 22.5 Å². The van der Waals surface area contributed by atoms with Crippen LogP contribution in [0, 0.1) is 35.4 Å². The molecule has 2 aliphatic carbocycles. The van der Waals surface area contributed by atoms with E-state index in [0.29, 0.717) is 10.7 Å². The number of benzene rings is 2. The fourth-order valence-corrected chi connectivity index (χ4v) is 9.92. The number of nitrogens with one attached hydrogen (secondary N) is 1. The first-order valence-electron chi connectivity index (χ1n) is 11.2. The summed E-state index contributed by atoms with van der Waals surface area (Å²) in [6, 6.07) is 13.3. The molecule has 1 aromatic heterocycles. The summed E-state index contributed by atoms with van der Waals surface area (Å²) in [5.41, 5.74) is 1.51. The number of rotatable bonds is 2. The number of thiazole rings is 1. The Morgan fingerprint density at radius 2 is 1.62 bits per heavy atom. The molecule has 2 saturated carbocycles. The van der Waals surface area contributed by atoms with Crippen molar-refractivity contribution in [1.82, 2.24) is 4.98 Å². The average Bonchev–Trinajstić information content (AvgIpc) is 3.54. The minimum Gasteiger partial charge on any atom is -0.307 e. The standard InChI is InChI=1S/C25H18ClFN2O3S2/c26-11-3-1-10(2-4-11)16-17-14-9-15(20(17)33-22-21(16)34-25(32)28-22)19-18(14)23(30)29(24(19)31)13-7-5-12(27)6-8-13/h1-8,14-20H,9H2,(H,28,32)/t14-,15-,16?,17?,18?,19?,20?/m1/s1. The molecule has 9 heteroatoms. The van der Waals surface area contributed by atoms with Gasteiger partial charge >= 0.3 is 4.87 Å². The third-order valence-corrected chi connectivity index (χ3v) is 10.9. The van der Waals surface area contributed by atoms with Crippen LogP contribution in [-0.4, -0.2) is 22.0 Å². The molecular weight excluding hydrogens is 495 g/mol. The van der Waals surface area contributed by atoms with E-state index >= 15 is 0 Å². The lowest BCUT2D eigenvalue weighted by molar-refractivity contribution is -0.123. The molecule has 1 N–H and O–H groups in total. The van der Waals surface area contributed by atoms with Crippen molar-refractivity contribution in [3.63, 3.8) is 0 Å². The maximum Gasteiger partial charge on any atom is 0.305 e. The molecule has 1 saturated heterocycles. The molecule has 2 bridgehead atoms.